The third kappa shape index (κ3) is 7.80. The fraction of sp³-hybridized carbons (Fsp3) is 0.404. The van der Waals surface area contributed by atoms with Crippen LogP contribution in [0.5, 0.6) is 11.5 Å². The normalized spacial score (nSPS) is 13.8. The van der Waals surface area contributed by atoms with E-state index in [1.54, 1.807) is 12.1 Å². The third-order valence-electron chi connectivity index (χ3n) is 11.5. The van der Waals surface area contributed by atoms with E-state index >= 15 is 0 Å². The van der Waals surface area contributed by atoms with Crippen LogP contribution in [-0.4, -0.2) is 20.9 Å². The van der Waals surface area contributed by atoms with E-state index in [-0.39, 0.29) is 10.8 Å². The Morgan fingerprint density at radius 3 is 1.28 bits per heavy atom. The molecular weight excluding hydrogens is 613 g/mol. The summed E-state index contributed by atoms with van der Waals surface area (Å²) in [6.07, 6.45) is 13.2. The maximum atomic E-state index is 10.5. The predicted molar refractivity (Wildman–Crippen MR) is 209 cm³/mol. The number of terminal acetylenes is 1. The van der Waals surface area contributed by atoms with E-state index in [1.165, 1.54) is 22.3 Å². The van der Waals surface area contributed by atoms with Gasteiger partial charge in [0.2, 0.25) is 0 Å². The van der Waals surface area contributed by atoms with Crippen molar-refractivity contribution >= 4 is 0 Å². The topological polar surface area (TPSA) is 60.7 Å². The van der Waals surface area contributed by atoms with Crippen molar-refractivity contribution in [1.29, 1.82) is 0 Å². The van der Waals surface area contributed by atoms with Crippen LogP contribution >= 0.6 is 0 Å². The van der Waals surface area contributed by atoms with Gasteiger partial charge in [0.1, 0.15) is 17.1 Å². The average molecular weight is 669 g/mol. The lowest BCUT2D eigenvalue weighted by Gasteiger charge is -2.34. The number of benzene rings is 4. The second-order valence-electron chi connectivity index (χ2n) is 14.3. The quantitative estimate of drug-likeness (QED) is 0.164. The summed E-state index contributed by atoms with van der Waals surface area (Å²) in [5, 5.41) is 30.3. The van der Waals surface area contributed by atoms with Gasteiger partial charge in [-0.1, -0.05) is 94.0 Å². The fourth-order valence-corrected chi connectivity index (χ4v) is 7.87. The summed E-state index contributed by atoms with van der Waals surface area (Å²) in [6, 6.07) is 24.8. The standard InChI is InChI=1S/C26H32O2.C21H24O/c1-5-26(6-2,23-11-12-24(27)20(4)18-23)22-10-9-21(19(3)17-22)13-16-25(28)14-7-8-15-25;1-6-17-9-10-18(13-15(17)4)21(7-2,8-3)19-11-12-20(22)16(5)14-19/h9-12,17-18,27-28H,5-8,14-15H2,1-4H3;1,9-14,22H,7-8H2,2-5H3. The molecule has 5 rings (SSSR count). The Labute approximate surface area is 301 Å². The van der Waals surface area contributed by atoms with Crippen LogP contribution in [0.1, 0.15) is 135 Å². The van der Waals surface area contributed by atoms with Gasteiger partial charge in [0.15, 0.2) is 0 Å². The highest BCUT2D eigenvalue weighted by Crippen LogP contribution is 2.42. The highest BCUT2D eigenvalue weighted by atomic mass is 16.3. The van der Waals surface area contributed by atoms with Gasteiger partial charge in [0.25, 0.3) is 0 Å². The lowest BCUT2D eigenvalue weighted by molar-refractivity contribution is 0.110. The van der Waals surface area contributed by atoms with Gasteiger partial charge in [-0.2, -0.15) is 0 Å². The molecule has 3 heteroatoms. The Hall–Kier alpha value is -4.44. The smallest absolute Gasteiger partial charge is 0.125 e. The van der Waals surface area contributed by atoms with Crippen LogP contribution in [0.4, 0.5) is 0 Å². The Balaban J connectivity index is 0.000000232. The first kappa shape index (κ1) is 38.4. The number of hydrogen-bond acceptors (Lipinski definition) is 3. The molecule has 0 bridgehead atoms. The molecular formula is C47H56O3. The van der Waals surface area contributed by atoms with Crippen molar-refractivity contribution < 1.29 is 15.3 Å². The second-order valence-corrected chi connectivity index (χ2v) is 14.3. The molecule has 4 aromatic rings. The highest BCUT2D eigenvalue weighted by molar-refractivity contribution is 5.51. The van der Waals surface area contributed by atoms with E-state index in [9.17, 15) is 15.3 Å². The summed E-state index contributed by atoms with van der Waals surface area (Å²) in [5.74, 6) is 9.79. The molecule has 1 aliphatic carbocycles. The minimum atomic E-state index is -0.800. The van der Waals surface area contributed by atoms with Gasteiger partial charge in [-0.15, -0.1) is 6.42 Å². The van der Waals surface area contributed by atoms with Crippen molar-refractivity contribution in [2.24, 2.45) is 0 Å². The molecule has 3 nitrogen and oxygen atoms in total. The number of phenols is 2. The van der Waals surface area contributed by atoms with E-state index in [4.69, 9.17) is 6.42 Å². The molecule has 1 aliphatic rings. The molecule has 1 fully saturated rings. The Kier molecular flexibility index (Phi) is 12.3. The van der Waals surface area contributed by atoms with Gasteiger partial charge >= 0.3 is 0 Å². The van der Waals surface area contributed by atoms with Crippen molar-refractivity contribution in [2.75, 3.05) is 0 Å². The molecule has 0 spiro atoms. The minimum absolute atomic E-state index is 0.0453. The Morgan fingerprint density at radius 2 is 0.940 bits per heavy atom. The van der Waals surface area contributed by atoms with Crippen molar-refractivity contribution in [2.45, 2.75) is 123 Å². The summed E-state index contributed by atoms with van der Waals surface area (Å²) < 4.78 is 0. The van der Waals surface area contributed by atoms with Crippen molar-refractivity contribution in [3.8, 4) is 35.7 Å². The molecule has 0 aromatic heterocycles. The fourth-order valence-electron chi connectivity index (χ4n) is 7.87. The van der Waals surface area contributed by atoms with Gasteiger partial charge < -0.3 is 15.3 Å². The summed E-state index contributed by atoms with van der Waals surface area (Å²) >= 11 is 0. The maximum Gasteiger partial charge on any atom is 0.125 e. The number of hydrogen-bond donors (Lipinski definition) is 3. The average Bonchev–Trinajstić information content (AvgIpc) is 3.55. The molecule has 0 atom stereocenters. The van der Waals surface area contributed by atoms with Crippen LogP contribution in [0.2, 0.25) is 0 Å². The molecule has 0 aliphatic heterocycles. The largest absolute Gasteiger partial charge is 0.508 e. The van der Waals surface area contributed by atoms with Gasteiger partial charge in [-0.05, 0) is 148 Å². The van der Waals surface area contributed by atoms with Crippen molar-refractivity contribution in [3.05, 3.63) is 128 Å². The zero-order chi connectivity index (χ0) is 36.7. The number of aromatic hydroxyl groups is 2. The van der Waals surface area contributed by atoms with E-state index in [2.05, 4.69) is 102 Å². The zero-order valence-corrected chi connectivity index (χ0v) is 31.5. The van der Waals surface area contributed by atoms with Gasteiger partial charge in [-0.3, -0.25) is 0 Å². The molecule has 1 saturated carbocycles. The Morgan fingerprint density at radius 1 is 0.580 bits per heavy atom. The second kappa shape index (κ2) is 16.1. The van der Waals surface area contributed by atoms with Crippen LogP contribution < -0.4 is 0 Å². The van der Waals surface area contributed by atoms with Crippen molar-refractivity contribution in [3.63, 3.8) is 0 Å². The van der Waals surface area contributed by atoms with Crippen molar-refractivity contribution in [1.82, 2.24) is 0 Å². The molecule has 262 valence electrons. The summed E-state index contributed by atoms with van der Waals surface area (Å²) in [7, 11) is 0. The first-order valence-electron chi connectivity index (χ1n) is 18.4. The third-order valence-corrected chi connectivity index (χ3v) is 11.5. The van der Waals surface area contributed by atoms with Crippen LogP contribution in [0.3, 0.4) is 0 Å². The number of rotatable bonds is 8. The van der Waals surface area contributed by atoms with Crippen LogP contribution in [-0.2, 0) is 10.8 Å². The lowest BCUT2D eigenvalue weighted by Crippen LogP contribution is -2.26. The molecule has 0 unspecified atom stereocenters. The van der Waals surface area contributed by atoms with E-state index < -0.39 is 5.60 Å². The highest BCUT2D eigenvalue weighted by Gasteiger charge is 2.33. The Bertz CT molecular complexity index is 1900. The number of phenolic OH excluding ortho intramolecular Hbond substituents is 2. The molecule has 0 radical (unpaired) electrons. The van der Waals surface area contributed by atoms with E-state index in [0.717, 1.165) is 84.7 Å². The molecule has 0 heterocycles. The van der Waals surface area contributed by atoms with Gasteiger partial charge in [-0.25, -0.2) is 0 Å². The predicted octanol–water partition coefficient (Wildman–Crippen LogP) is 10.9. The lowest BCUT2D eigenvalue weighted by atomic mass is 9.70. The van der Waals surface area contributed by atoms with Crippen LogP contribution in [0, 0.1) is 51.9 Å². The minimum Gasteiger partial charge on any atom is -0.508 e. The SMILES string of the molecule is C#Cc1ccc(C(CC)(CC)c2ccc(O)c(C)c2)cc1C.CCC(CC)(c1ccc(O)c(C)c1)c1ccc(C#CC2(O)CCCC2)c(C)c1. The molecule has 0 saturated heterocycles. The number of aliphatic hydroxyl groups is 1. The van der Waals surface area contributed by atoms with E-state index in [1.807, 2.05) is 32.0 Å². The van der Waals surface area contributed by atoms with Crippen LogP contribution in [0.25, 0.3) is 0 Å². The molecule has 0 amide bonds. The summed E-state index contributed by atoms with van der Waals surface area (Å²) in [4.78, 5) is 0. The monoisotopic (exact) mass is 668 g/mol. The molecule has 3 N–H and O–H groups in total. The number of aryl methyl sites for hydroxylation is 4. The zero-order valence-electron chi connectivity index (χ0n) is 31.5. The maximum absolute atomic E-state index is 10.5. The van der Waals surface area contributed by atoms with Crippen LogP contribution in [0.15, 0.2) is 72.8 Å². The van der Waals surface area contributed by atoms with Gasteiger partial charge in [0.05, 0.1) is 0 Å². The first-order chi connectivity index (χ1) is 23.8. The van der Waals surface area contributed by atoms with E-state index in [0.29, 0.717) is 11.5 Å². The van der Waals surface area contributed by atoms with Gasteiger partial charge in [0, 0.05) is 22.0 Å². The summed E-state index contributed by atoms with van der Waals surface area (Å²) in [5.41, 5.74) is 10.2. The molecule has 50 heavy (non-hydrogen) atoms. The first-order valence-corrected chi connectivity index (χ1v) is 18.4. The molecule has 4 aromatic carbocycles. The summed E-state index contributed by atoms with van der Waals surface area (Å²) in [6.45, 7) is 17.0.